The Hall–Kier alpha value is -1.88. The first-order chi connectivity index (χ1) is 7.15. The Balaban J connectivity index is 2.83. The number of rotatable bonds is 4. The number of hydrogen-bond acceptors (Lipinski definition) is 4. The maximum Gasteiger partial charge on any atom is 0.324 e. The third-order valence-corrected chi connectivity index (χ3v) is 1.91. The largest absolute Gasteiger partial charge is 0.355 e. The number of hydrogen-bond donors (Lipinski definition) is 1. The summed E-state index contributed by atoms with van der Waals surface area (Å²) in [6.45, 7) is 0. The van der Waals surface area contributed by atoms with Crippen LogP contribution in [0.2, 0.25) is 5.02 Å². The van der Waals surface area contributed by atoms with E-state index in [1.807, 2.05) is 0 Å². The van der Waals surface area contributed by atoms with Crippen molar-refractivity contribution in [2.24, 2.45) is 0 Å². The molecular formula is C9H7ClN2O3. The van der Waals surface area contributed by atoms with Crippen LogP contribution in [0, 0.1) is 10.1 Å². The fraction of sp³-hybridized carbons (Fsp3) is 0. The molecule has 1 N–H and O–H groups in total. The maximum atomic E-state index is 10.3. The summed E-state index contributed by atoms with van der Waals surface area (Å²) in [5.74, 6) is 0. The molecule has 0 unspecified atom stereocenters. The minimum atomic E-state index is -0.781. The number of aldehydes is 1. The first-order valence-electron chi connectivity index (χ1n) is 3.96. The molecule has 0 heterocycles. The molecule has 0 fully saturated rings. The molecule has 1 aromatic carbocycles. The summed E-state index contributed by atoms with van der Waals surface area (Å²) in [5, 5.41) is 13.3. The van der Waals surface area contributed by atoms with Gasteiger partial charge in [-0.3, -0.25) is 14.9 Å². The van der Waals surface area contributed by atoms with Gasteiger partial charge in [0.15, 0.2) is 0 Å². The second-order valence-electron chi connectivity index (χ2n) is 2.57. The Morgan fingerprint density at radius 1 is 1.47 bits per heavy atom. The highest BCUT2D eigenvalue weighted by Crippen LogP contribution is 2.20. The van der Waals surface area contributed by atoms with Crippen molar-refractivity contribution in [2.45, 2.75) is 0 Å². The van der Waals surface area contributed by atoms with Crippen LogP contribution in [0.5, 0.6) is 0 Å². The molecule has 0 aromatic heterocycles. The van der Waals surface area contributed by atoms with Gasteiger partial charge in [0.25, 0.3) is 0 Å². The van der Waals surface area contributed by atoms with Crippen molar-refractivity contribution < 1.29 is 9.72 Å². The van der Waals surface area contributed by atoms with Gasteiger partial charge in [0.2, 0.25) is 6.29 Å². The van der Waals surface area contributed by atoms with Crippen LogP contribution >= 0.6 is 11.6 Å². The normalized spacial score (nSPS) is 10.9. The molecule has 6 heteroatoms. The standard InChI is InChI=1S/C9H7ClN2O3/c10-8-3-1-2-4-9(8)11-5-7(6-13)12(14)15/h1-6,11H/b7-5+. The van der Waals surface area contributed by atoms with Crippen molar-refractivity contribution in [3.8, 4) is 0 Å². The summed E-state index contributed by atoms with van der Waals surface area (Å²) in [6.07, 6.45) is 1.15. The Bertz CT molecular complexity index is 418. The van der Waals surface area contributed by atoms with Crippen LogP contribution in [0.15, 0.2) is 36.2 Å². The van der Waals surface area contributed by atoms with Crippen LogP contribution in [0.3, 0.4) is 0 Å². The molecule has 0 aliphatic heterocycles. The molecule has 0 radical (unpaired) electrons. The number of carbonyl (C=O) groups excluding carboxylic acids is 1. The lowest BCUT2D eigenvalue weighted by atomic mass is 10.3. The van der Waals surface area contributed by atoms with Gasteiger partial charge in [-0.25, -0.2) is 0 Å². The van der Waals surface area contributed by atoms with Crippen LogP contribution in [0.1, 0.15) is 0 Å². The van der Waals surface area contributed by atoms with Gasteiger partial charge in [-0.2, -0.15) is 0 Å². The van der Waals surface area contributed by atoms with E-state index in [2.05, 4.69) is 5.32 Å². The molecule has 1 aromatic rings. The average molecular weight is 227 g/mol. The van der Waals surface area contributed by atoms with Crippen LogP contribution in [-0.4, -0.2) is 11.2 Å². The summed E-state index contributed by atoms with van der Waals surface area (Å²) in [5.41, 5.74) is -0.0599. The highest BCUT2D eigenvalue weighted by atomic mass is 35.5. The third kappa shape index (κ3) is 3.07. The molecule has 0 bridgehead atoms. The number of nitrogens with zero attached hydrogens (tertiary/aromatic N) is 1. The van der Waals surface area contributed by atoms with Crippen molar-refractivity contribution in [3.05, 3.63) is 51.3 Å². The molecule has 0 amide bonds. The Kier molecular flexibility index (Phi) is 3.82. The molecule has 78 valence electrons. The molecular weight excluding hydrogens is 220 g/mol. The molecule has 0 saturated heterocycles. The fourth-order valence-corrected chi connectivity index (χ4v) is 1.05. The van der Waals surface area contributed by atoms with Gasteiger partial charge in [0.1, 0.15) is 0 Å². The average Bonchev–Trinajstić information content (AvgIpc) is 2.21. The molecule has 0 atom stereocenters. The van der Waals surface area contributed by atoms with Crippen molar-refractivity contribution in [2.75, 3.05) is 5.32 Å². The number of nitro groups is 1. The van der Waals surface area contributed by atoms with Crippen LogP contribution in [-0.2, 0) is 4.79 Å². The number of allylic oxidation sites excluding steroid dienone is 1. The van der Waals surface area contributed by atoms with E-state index >= 15 is 0 Å². The second kappa shape index (κ2) is 5.11. The number of benzene rings is 1. The lowest BCUT2D eigenvalue weighted by molar-refractivity contribution is -0.417. The molecule has 0 aliphatic carbocycles. The van der Waals surface area contributed by atoms with E-state index in [1.54, 1.807) is 24.3 Å². The highest BCUT2D eigenvalue weighted by molar-refractivity contribution is 6.33. The van der Waals surface area contributed by atoms with Crippen LogP contribution in [0.4, 0.5) is 5.69 Å². The zero-order valence-electron chi connectivity index (χ0n) is 7.51. The third-order valence-electron chi connectivity index (χ3n) is 1.58. The van der Waals surface area contributed by atoms with E-state index in [9.17, 15) is 14.9 Å². The number of carbonyl (C=O) groups is 1. The molecule has 0 saturated carbocycles. The fourth-order valence-electron chi connectivity index (χ4n) is 0.860. The van der Waals surface area contributed by atoms with Gasteiger partial charge < -0.3 is 5.32 Å². The number of halogens is 1. The zero-order valence-corrected chi connectivity index (χ0v) is 8.27. The first-order valence-corrected chi connectivity index (χ1v) is 4.33. The summed E-state index contributed by atoms with van der Waals surface area (Å²) < 4.78 is 0. The monoisotopic (exact) mass is 226 g/mol. The summed E-state index contributed by atoms with van der Waals surface area (Å²) >= 11 is 5.78. The van der Waals surface area contributed by atoms with Crippen molar-refractivity contribution >= 4 is 23.6 Å². The van der Waals surface area contributed by atoms with Gasteiger partial charge in [-0.15, -0.1) is 0 Å². The minimum absolute atomic E-state index is 0.157. The van der Waals surface area contributed by atoms with E-state index in [-0.39, 0.29) is 6.29 Å². The lowest BCUT2D eigenvalue weighted by Gasteiger charge is -2.01. The van der Waals surface area contributed by atoms with Crippen LogP contribution in [0.25, 0.3) is 0 Å². The van der Waals surface area contributed by atoms with Gasteiger partial charge in [0.05, 0.1) is 21.8 Å². The number of para-hydroxylation sites is 1. The predicted molar refractivity (Wildman–Crippen MR) is 56.2 cm³/mol. The molecule has 1 rings (SSSR count). The SMILES string of the molecule is O=C/C(=C\Nc1ccccc1Cl)[N+](=O)[O-]. The van der Waals surface area contributed by atoms with Crippen molar-refractivity contribution in [1.82, 2.24) is 0 Å². The number of anilines is 1. The first kappa shape index (κ1) is 11.2. The molecule has 0 spiro atoms. The van der Waals surface area contributed by atoms with Gasteiger partial charge >= 0.3 is 5.70 Å². The predicted octanol–water partition coefficient (Wildman–Crippen LogP) is 2.07. The molecule has 15 heavy (non-hydrogen) atoms. The summed E-state index contributed by atoms with van der Waals surface area (Å²) in [6, 6.07) is 6.71. The van der Waals surface area contributed by atoms with Crippen molar-refractivity contribution in [1.29, 1.82) is 0 Å². The maximum absolute atomic E-state index is 10.3. The zero-order chi connectivity index (χ0) is 11.3. The van der Waals surface area contributed by atoms with Crippen molar-refractivity contribution in [3.63, 3.8) is 0 Å². The quantitative estimate of drug-likeness (QED) is 0.369. The minimum Gasteiger partial charge on any atom is -0.355 e. The smallest absolute Gasteiger partial charge is 0.324 e. The van der Waals surface area contributed by atoms with Gasteiger partial charge in [-0.05, 0) is 12.1 Å². The van der Waals surface area contributed by atoms with E-state index in [0.29, 0.717) is 10.7 Å². The lowest BCUT2D eigenvalue weighted by Crippen LogP contribution is -2.03. The van der Waals surface area contributed by atoms with Gasteiger partial charge in [-0.1, -0.05) is 23.7 Å². The van der Waals surface area contributed by atoms with Gasteiger partial charge in [0, 0.05) is 0 Å². The van der Waals surface area contributed by atoms with E-state index in [0.717, 1.165) is 6.20 Å². The van der Waals surface area contributed by atoms with E-state index in [4.69, 9.17) is 11.6 Å². The summed E-state index contributed by atoms with van der Waals surface area (Å²) in [7, 11) is 0. The second-order valence-corrected chi connectivity index (χ2v) is 2.98. The Morgan fingerprint density at radius 3 is 2.67 bits per heavy atom. The molecule has 0 aliphatic rings. The van der Waals surface area contributed by atoms with Crippen LogP contribution < -0.4 is 5.32 Å². The molecule has 5 nitrogen and oxygen atoms in total. The Morgan fingerprint density at radius 2 is 2.13 bits per heavy atom. The Labute approximate surface area is 90.5 Å². The number of nitrogens with one attached hydrogen (secondary N) is 1. The topological polar surface area (TPSA) is 72.2 Å². The van der Waals surface area contributed by atoms with E-state index in [1.165, 1.54) is 0 Å². The van der Waals surface area contributed by atoms with E-state index < -0.39 is 10.6 Å². The summed E-state index contributed by atoms with van der Waals surface area (Å²) in [4.78, 5) is 19.8. The highest BCUT2D eigenvalue weighted by Gasteiger charge is 2.07.